The molecule has 0 fully saturated rings. The van der Waals surface area contributed by atoms with Crippen molar-refractivity contribution in [1.82, 2.24) is 0 Å². The fraction of sp³-hybridized carbons (Fsp3) is 0.294. The van der Waals surface area contributed by atoms with E-state index in [1.54, 1.807) is 6.07 Å². The van der Waals surface area contributed by atoms with Crippen molar-refractivity contribution in [1.29, 1.82) is 0 Å². The predicted molar refractivity (Wildman–Crippen MR) is 82.7 cm³/mol. The maximum Gasteiger partial charge on any atom is 0.124 e. The van der Waals surface area contributed by atoms with E-state index in [-0.39, 0.29) is 11.9 Å². The Morgan fingerprint density at radius 2 is 1.80 bits per heavy atom. The lowest BCUT2D eigenvalue weighted by Gasteiger charge is -2.14. The van der Waals surface area contributed by atoms with Gasteiger partial charge in [-0.25, -0.2) is 4.39 Å². The Kier molecular flexibility index (Phi) is 4.79. The minimum atomic E-state index is -0.318. The first-order valence-corrected chi connectivity index (χ1v) is 7.09. The van der Waals surface area contributed by atoms with Crippen molar-refractivity contribution < 1.29 is 4.39 Å². The Balaban J connectivity index is 2.04. The highest BCUT2D eigenvalue weighted by Gasteiger charge is 2.09. The summed E-state index contributed by atoms with van der Waals surface area (Å²) in [5, 5.41) is 0.445. The average Bonchev–Trinajstić information content (AvgIpc) is 2.37. The fourth-order valence-corrected chi connectivity index (χ4v) is 2.52. The summed E-state index contributed by atoms with van der Waals surface area (Å²) in [5.41, 5.74) is 10.8. The van der Waals surface area contributed by atoms with Crippen LogP contribution in [0.1, 0.15) is 22.3 Å². The van der Waals surface area contributed by atoms with Crippen LogP contribution < -0.4 is 5.73 Å². The maximum absolute atomic E-state index is 13.0. The molecule has 0 aliphatic heterocycles. The second-order valence-corrected chi connectivity index (χ2v) is 5.73. The monoisotopic (exact) mass is 291 g/mol. The van der Waals surface area contributed by atoms with Gasteiger partial charge in [-0.05, 0) is 61.1 Å². The van der Waals surface area contributed by atoms with Gasteiger partial charge in [0, 0.05) is 11.1 Å². The summed E-state index contributed by atoms with van der Waals surface area (Å²) in [6.07, 6.45) is 1.43. The highest BCUT2D eigenvalue weighted by Crippen LogP contribution is 2.19. The Bertz CT molecular complexity index is 610. The molecule has 20 heavy (non-hydrogen) atoms. The summed E-state index contributed by atoms with van der Waals surface area (Å²) in [7, 11) is 0. The van der Waals surface area contributed by atoms with E-state index in [1.165, 1.54) is 28.8 Å². The van der Waals surface area contributed by atoms with Crippen LogP contribution in [-0.2, 0) is 12.8 Å². The number of hydrogen-bond donors (Lipinski definition) is 1. The fourth-order valence-electron chi connectivity index (χ4n) is 2.28. The molecule has 2 rings (SSSR count). The van der Waals surface area contributed by atoms with Crippen LogP contribution in [0.15, 0.2) is 36.4 Å². The zero-order chi connectivity index (χ0) is 14.7. The molecule has 2 N–H and O–H groups in total. The number of rotatable bonds is 4. The van der Waals surface area contributed by atoms with E-state index in [4.69, 9.17) is 17.3 Å². The molecule has 0 saturated heterocycles. The van der Waals surface area contributed by atoms with Crippen LogP contribution in [0.5, 0.6) is 0 Å². The Hall–Kier alpha value is -1.38. The summed E-state index contributed by atoms with van der Waals surface area (Å²) in [6.45, 7) is 4.19. The summed E-state index contributed by atoms with van der Waals surface area (Å²) < 4.78 is 13.0. The van der Waals surface area contributed by atoms with Crippen LogP contribution in [-0.4, -0.2) is 6.04 Å². The van der Waals surface area contributed by atoms with E-state index < -0.39 is 0 Å². The van der Waals surface area contributed by atoms with Gasteiger partial charge in [0.15, 0.2) is 0 Å². The van der Waals surface area contributed by atoms with Gasteiger partial charge >= 0.3 is 0 Å². The standard InChI is InChI=1S/C17H19ClFN/c1-11-3-4-13(7-12(11)2)8-16(20)9-14-5-6-15(19)10-17(14)18/h3-7,10,16H,8-9,20H2,1-2H3. The van der Waals surface area contributed by atoms with Gasteiger partial charge in [-0.15, -0.1) is 0 Å². The van der Waals surface area contributed by atoms with Crippen molar-refractivity contribution in [2.75, 3.05) is 0 Å². The first-order valence-electron chi connectivity index (χ1n) is 6.71. The molecule has 106 valence electrons. The highest BCUT2D eigenvalue weighted by atomic mass is 35.5. The molecule has 0 spiro atoms. The smallest absolute Gasteiger partial charge is 0.124 e. The molecule has 1 atom stereocenters. The van der Waals surface area contributed by atoms with E-state index in [0.717, 1.165) is 12.0 Å². The third kappa shape index (κ3) is 3.81. The second-order valence-electron chi connectivity index (χ2n) is 5.32. The van der Waals surface area contributed by atoms with Crippen molar-refractivity contribution in [2.45, 2.75) is 32.7 Å². The molecular weight excluding hydrogens is 273 g/mol. The topological polar surface area (TPSA) is 26.0 Å². The number of hydrogen-bond acceptors (Lipinski definition) is 1. The first-order chi connectivity index (χ1) is 9.45. The van der Waals surface area contributed by atoms with Crippen LogP contribution in [0, 0.1) is 19.7 Å². The van der Waals surface area contributed by atoms with Gasteiger partial charge in [-0.3, -0.25) is 0 Å². The molecule has 2 aromatic rings. The van der Waals surface area contributed by atoms with Gasteiger partial charge in [-0.1, -0.05) is 35.9 Å². The zero-order valence-corrected chi connectivity index (χ0v) is 12.5. The van der Waals surface area contributed by atoms with Crippen LogP contribution in [0.2, 0.25) is 5.02 Å². The molecule has 1 unspecified atom stereocenters. The molecule has 0 bridgehead atoms. The number of halogens is 2. The van der Waals surface area contributed by atoms with Crippen molar-refractivity contribution in [3.05, 3.63) is 69.5 Å². The molecule has 1 nitrogen and oxygen atoms in total. The average molecular weight is 292 g/mol. The van der Waals surface area contributed by atoms with E-state index >= 15 is 0 Å². The van der Waals surface area contributed by atoms with Gasteiger partial charge in [0.25, 0.3) is 0 Å². The maximum atomic E-state index is 13.0. The summed E-state index contributed by atoms with van der Waals surface area (Å²) in [5.74, 6) is -0.318. The molecule has 0 heterocycles. The van der Waals surface area contributed by atoms with Gasteiger partial charge in [0.1, 0.15) is 5.82 Å². The first kappa shape index (κ1) is 15.0. The summed E-state index contributed by atoms with van der Waals surface area (Å²) in [6, 6.07) is 10.8. The molecule has 0 radical (unpaired) electrons. The minimum absolute atomic E-state index is 0.0277. The third-order valence-electron chi connectivity index (χ3n) is 3.57. The highest BCUT2D eigenvalue weighted by molar-refractivity contribution is 6.31. The number of aryl methyl sites for hydroxylation is 2. The lowest BCUT2D eigenvalue weighted by Crippen LogP contribution is -2.25. The lowest BCUT2D eigenvalue weighted by atomic mass is 9.97. The molecule has 0 amide bonds. The van der Waals surface area contributed by atoms with E-state index in [2.05, 4.69) is 32.0 Å². The quantitative estimate of drug-likeness (QED) is 0.897. The van der Waals surface area contributed by atoms with Crippen molar-refractivity contribution in [3.8, 4) is 0 Å². The normalized spacial score (nSPS) is 12.4. The molecule has 0 aromatic heterocycles. The van der Waals surface area contributed by atoms with Crippen LogP contribution in [0.4, 0.5) is 4.39 Å². The van der Waals surface area contributed by atoms with Gasteiger partial charge in [0.2, 0.25) is 0 Å². The molecule has 3 heteroatoms. The van der Waals surface area contributed by atoms with Crippen molar-refractivity contribution in [3.63, 3.8) is 0 Å². The van der Waals surface area contributed by atoms with E-state index in [1.807, 2.05) is 0 Å². The molecule has 0 aliphatic rings. The minimum Gasteiger partial charge on any atom is -0.327 e. The van der Waals surface area contributed by atoms with E-state index in [0.29, 0.717) is 11.4 Å². The third-order valence-corrected chi connectivity index (χ3v) is 3.92. The van der Waals surface area contributed by atoms with Crippen molar-refractivity contribution >= 4 is 11.6 Å². The second kappa shape index (κ2) is 6.38. The van der Waals surface area contributed by atoms with Crippen LogP contribution >= 0.6 is 11.6 Å². The number of benzene rings is 2. The van der Waals surface area contributed by atoms with Crippen LogP contribution in [0.25, 0.3) is 0 Å². The molecule has 0 saturated carbocycles. The largest absolute Gasteiger partial charge is 0.327 e. The van der Waals surface area contributed by atoms with Gasteiger partial charge in [0.05, 0.1) is 0 Å². The summed E-state index contributed by atoms with van der Waals surface area (Å²) >= 11 is 6.03. The van der Waals surface area contributed by atoms with Crippen molar-refractivity contribution in [2.24, 2.45) is 5.73 Å². The van der Waals surface area contributed by atoms with Gasteiger partial charge in [-0.2, -0.15) is 0 Å². The molecule has 0 aliphatic carbocycles. The Morgan fingerprint density at radius 3 is 2.45 bits per heavy atom. The number of nitrogens with two attached hydrogens (primary N) is 1. The molecule has 2 aromatic carbocycles. The van der Waals surface area contributed by atoms with E-state index in [9.17, 15) is 4.39 Å². The SMILES string of the molecule is Cc1ccc(CC(N)Cc2ccc(F)cc2Cl)cc1C. The summed E-state index contributed by atoms with van der Waals surface area (Å²) in [4.78, 5) is 0. The predicted octanol–water partition coefficient (Wildman–Crippen LogP) is 4.21. The Morgan fingerprint density at radius 1 is 1.05 bits per heavy atom. The van der Waals surface area contributed by atoms with Gasteiger partial charge < -0.3 is 5.73 Å². The van der Waals surface area contributed by atoms with Crippen LogP contribution in [0.3, 0.4) is 0 Å². The zero-order valence-electron chi connectivity index (χ0n) is 11.8. The lowest BCUT2D eigenvalue weighted by molar-refractivity contribution is 0.623. The molecular formula is C17H19ClFN. The Labute approximate surface area is 124 Å².